The van der Waals surface area contributed by atoms with Crippen LogP contribution in [-0.2, 0) is 19.2 Å². The maximum Gasteiger partial charge on any atom is 0.238 e. The highest BCUT2D eigenvalue weighted by atomic mass is 79.9. The van der Waals surface area contributed by atoms with Gasteiger partial charge in [-0.25, -0.2) is 4.98 Å². The number of hydrogen-bond acceptors (Lipinski definition) is 8. The van der Waals surface area contributed by atoms with Crippen LogP contribution in [-0.4, -0.2) is 46.7 Å². The van der Waals surface area contributed by atoms with Crippen molar-refractivity contribution < 1.29 is 33.4 Å². The van der Waals surface area contributed by atoms with Gasteiger partial charge in [0.25, 0.3) is 0 Å². The van der Waals surface area contributed by atoms with Crippen molar-refractivity contribution in [2.75, 3.05) is 18.1 Å². The second kappa shape index (κ2) is 11.4. The Morgan fingerprint density at radius 1 is 0.936 bits per heavy atom. The molecule has 0 saturated carbocycles. The summed E-state index contributed by atoms with van der Waals surface area (Å²) in [4.78, 5) is 60.9. The van der Waals surface area contributed by atoms with Gasteiger partial charge in [-0.3, -0.25) is 24.1 Å². The first-order chi connectivity index (χ1) is 22.8. The predicted octanol–water partition coefficient (Wildman–Crippen LogP) is 5.83. The lowest BCUT2D eigenvalue weighted by atomic mass is 9.59. The number of Topliss-reactive ketones (excluding diaryl/α,β-unsaturated/α-hetero) is 1. The molecule has 8 rings (SSSR count). The van der Waals surface area contributed by atoms with E-state index in [4.69, 9.17) is 14.3 Å². The number of amides is 2. The minimum absolute atomic E-state index is 0.123. The van der Waals surface area contributed by atoms with Crippen molar-refractivity contribution in [1.82, 2.24) is 4.98 Å². The Morgan fingerprint density at radius 3 is 2.45 bits per heavy atom. The van der Waals surface area contributed by atoms with Crippen LogP contribution in [0.4, 0.5) is 5.69 Å². The topological polar surface area (TPSA) is 127 Å². The lowest BCUT2D eigenvalue weighted by Gasteiger charge is -2.42. The zero-order valence-electron chi connectivity index (χ0n) is 24.9. The first-order valence-corrected chi connectivity index (χ1v) is 16.2. The maximum absolute atomic E-state index is 14.3. The Bertz CT molecular complexity index is 2060. The standard InChI is InChI=1S/C37H27BrN2O7/c38-27-18-29(42)33-26(34(27)43)17-25-23(31(33)19-7-11-22(12-8-19)46-16-15-41)13-14-24-32(25)37(45)40(36(24)44)21-9-5-20(6-10-21)35-39-28-3-1-2-4-30(28)47-35/h1-13,18,24-25,31-32,41H,14-17H2. The van der Waals surface area contributed by atoms with Gasteiger partial charge in [0.05, 0.1) is 28.6 Å². The number of fused-ring (bicyclic) bond motifs is 4. The third kappa shape index (κ3) is 4.73. The number of aliphatic hydroxyl groups excluding tert-OH is 1. The highest BCUT2D eigenvalue weighted by molar-refractivity contribution is 9.12. The summed E-state index contributed by atoms with van der Waals surface area (Å²) in [6.07, 6.45) is 3.84. The number of hydrogen-bond donors (Lipinski definition) is 1. The van der Waals surface area contributed by atoms with E-state index in [1.807, 2.05) is 42.5 Å². The first kappa shape index (κ1) is 29.5. The number of anilines is 1. The van der Waals surface area contributed by atoms with E-state index in [1.54, 1.807) is 36.4 Å². The van der Waals surface area contributed by atoms with E-state index >= 15 is 0 Å². The zero-order valence-corrected chi connectivity index (χ0v) is 26.5. The van der Waals surface area contributed by atoms with Gasteiger partial charge < -0.3 is 14.3 Å². The van der Waals surface area contributed by atoms with E-state index in [2.05, 4.69) is 20.9 Å². The van der Waals surface area contributed by atoms with Crippen molar-refractivity contribution >= 4 is 56.1 Å². The fraction of sp³-hybridized carbons (Fsp3) is 0.216. The molecule has 1 aliphatic heterocycles. The van der Waals surface area contributed by atoms with Crippen molar-refractivity contribution in [2.24, 2.45) is 17.8 Å². The molecule has 1 fully saturated rings. The predicted molar refractivity (Wildman–Crippen MR) is 176 cm³/mol. The van der Waals surface area contributed by atoms with Crippen LogP contribution >= 0.6 is 15.9 Å². The summed E-state index contributed by atoms with van der Waals surface area (Å²) in [6.45, 7) is 0.0221. The molecule has 9 nitrogen and oxygen atoms in total. The van der Waals surface area contributed by atoms with Gasteiger partial charge in [0, 0.05) is 28.7 Å². The largest absolute Gasteiger partial charge is 0.491 e. The van der Waals surface area contributed by atoms with Gasteiger partial charge in [0.15, 0.2) is 17.1 Å². The molecule has 2 amide bonds. The van der Waals surface area contributed by atoms with Crippen LogP contribution < -0.4 is 9.64 Å². The highest BCUT2D eigenvalue weighted by Gasteiger charge is 2.56. The number of para-hydroxylation sites is 2. The van der Waals surface area contributed by atoms with Gasteiger partial charge in [-0.05, 0) is 88.8 Å². The molecule has 2 heterocycles. The summed E-state index contributed by atoms with van der Waals surface area (Å²) in [6, 6.07) is 21.7. The molecule has 1 aromatic heterocycles. The van der Waals surface area contributed by atoms with Crippen LogP contribution in [0.3, 0.4) is 0 Å². The quantitative estimate of drug-likeness (QED) is 0.152. The molecule has 3 aliphatic carbocycles. The smallest absolute Gasteiger partial charge is 0.238 e. The molecular weight excluding hydrogens is 664 g/mol. The minimum Gasteiger partial charge on any atom is -0.491 e. The molecule has 234 valence electrons. The van der Waals surface area contributed by atoms with Crippen LogP contribution in [0.1, 0.15) is 24.3 Å². The fourth-order valence-electron chi connectivity index (χ4n) is 7.51. The van der Waals surface area contributed by atoms with Crippen LogP contribution in [0.25, 0.3) is 22.6 Å². The molecule has 4 aromatic rings. The van der Waals surface area contributed by atoms with Gasteiger partial charge in [-0.15, -0.1) is 0 Å². The van der Waals surface area contributed by atoms with Gasteiger partial charge in [0.2, 0.25) is 17.7 Å². The molecular formula is C37H27BrN2O7. The Labute approximate surface area is 277 Å². The molecule has 1 saturated heterocycles. The van der Waals surface area contributed by atoms with Crippen LogP contribution in [0.15, 0.2) is 111 Å². The van der Waals surface area contributed by atoms with E-state index in [0.717, 1.165) is 16.7 Å². The van der Waals surface area contributed by atoms with Crippen LogP contribution in [0, 0.1) is 17.8 Å². The number of benzene rings is 3. The number of carbonyl (C=O) groups excluding carboxylic acids is 4. The number of allylic oxidation sites excluding steroid dienone is 6. The van der Waals surface area contributed by atoms with Crippen molar-refractivity contribution in [1.29, 1.82) is 0 Å². The Morgan fingerprint density at radius 2 is 1.70 bits per heavy atom. The van der Waals surface area contributed by atoms with E-state index in [1.165, 1.54) is 11.0 Å². The third-order valence-electron chi connectivity index (χ3n) is 9.57. The second-order valence-electron chi connectivity index (χ2n) is 12.1. The van der Waals surface area contributed by atoms with Crippen molar-refractivity contribution in [2.45, 2.75) is 18.8 Å². The molecule has 0 spiro atoms. The Hall–Kier alpha value is -4.93. The molecule has 3 aromatic carbocycles. The lowest BCUT2D eigenvalue weighted by Crippen LogP contribution is -2.39. The number of imide groups is 1. The SMILES string of the molecule is O=C1C=C(Br)C(=O)C2=C1C(c1ccc(OCCO)cc1)C1=CCC3C(=O)N(c4ccc(-c5nc6ccccc6o5)cc4)C(=O)C3C1C2. The van der Waals surface area contributed by atoms with E-state index in [9.17, 15) is 19.2 Å². The molecule has 0 bridgehead atoms. The monoisotopic (exact) mass is 690 g/mol. The highest BCUT2D eigenvalue weighted by Crippen LogP contribution is 2.55. The summed E-state index contributed by atoms with van der Waals surface area (Å²) in [7, 11) is 0. The summed E-state index contributed by atoms with van der Waals surface area (Å²) >= 11 is 3.27. The van der Waals surface area contributed by atoms with Crippen molar-refractivity contribution in [3.05, 3.63) is 112 Å². The molecule has 4 aliphatic rings. The van der Waals surface area contributed by atoms with Crippen LogP contribution in [0.2, 0.25) is 0 Å². The number of rotatable bonds is 6. The van der Waals surface area contributed by atoms with Gasteiger partial charge >= 0.3 is 0 Å². The number of aromatic nitrogens is 1. The second-order valence-corrected chi connectivity index (χ2v) is 12.9. The number of halogens is 1. The number of aliphatic hydroxyl groups is 1. The molecule has 4 unspecified atom stereocenters. The average molecular weight is 692 g/mol. The number of nitrogens with zero attached hydrogens (tertiary/aromatic N) is 2. The van der Waals surface area contributed by atoms with E-state index in [0.29, 0.717) is 46.0 Å². The van der Waals surface area contributed by atoms with E-state index < -0.39 is 23.7 Å². The third-order valence-corrected chi connectivity index (χ3v) is 10.2. The zero-order chi connectivity index (χ0) is 32.4. The summed E-state index contributed by atoms with van der Waals surface area (Å²) < 4.78 is 11.6. The number of ketones is 2. The number of carbonyl (C=O) groups is 4. The summed E-state index contributed by atoms with van der Waals surface area (Å²) in [5.74, 6) is -2.40. The van der Waals surface area contributed by atoms with Gasteiger partial charge in [-0.2, -0.15) is 0 Å². The first-order valence-electron chi connectivity index (χ1n) is 15.4. The molecule has 1 N–H and O–H groups in total. The Kier molecular flexibility index (Phi) is 7.15. The normalized spacial score (nSPS) is 23.8. The molecule has 10 heteroatoms. The molecule has 4 atom stereocenters. The van der Waals surface area contributed by atoms with Crippen molar-refractivity contribution in [3.8, 4) is 17.2 Å². The van der Waals surface area contributed by atoms with Crippen molar-refractivity contribution in [3.63, 3.8) is 0 Å². The lowest BCUT2D eigenvalue weighted by molar-refractivity contribution is -0.123. The number of ether oxygens (including phenoxy) is 1. The minimum atomic E-state index is -0.685. The average Bonchev–Trinajstić information content (AvgIpc) is 3.64. The summed E-state index contributed by atoms with van der Waals surface area (Å²) in [5.41, 5.74) is 5.00. The van der Waals surface area contributed by atoms with Gasteiger partial charge in [0.1, 0.15) is 17.9 Å². The number of oxazole rings is 1. The molecule has 47 heavy (non-hydrogen) atoms. The maximum atomic E-state index is 14.3. The fourth-order valence-corrected chi connectivity index (χ4v) is 7.96. The molecule has 0 radical (unpaired) electrons. The van der Waals surface area contributed by atoms with E-state index in [-0.39, 0.29) is 47.5 Å². The van der Waals surface area contributed by atoms with Crippen LogP contribution in [0.5, 0.6) is 5.75 Å². The summed E-state index contributed by atoms with van der Waals surface area (Å²) in [5, 5.41) is 9.13. The Balaban J connectivity index is 1.14. The van der Waals surface area contributed by atoms with Gasteiger partial charge in [-0.1, -0.05) is 35.9 Å².